The smallest absolute Gasteiger partial charge is 0.269 e. The minimum atomic E-state index is -0.387. The third kappa shape index (κ3) is 5.01. The number of fused-ring (bicyclic) bond motifs is 3. The van der Waals surface area contributed by atoms with Gasteiger partial charge in [0, 0.05) is 60.8 Å². The second kappa shape index (κ2) is 10.2. The summed E-state index contributed by atoms with van der Waals surface area (Å²) < 4.78 is 5.29. The van der Waals surface area contributed by atoms with Crippen LogP contribution in [-0.4, -0.2) is 48.5 Å². The largest absolute Gasteiger partial charge is 0.497 e. The maximum absolute atomic E-state index is 13.6. The van der Waals surface area contributed by atoms with Gasteiger partial charge in [0.15, 0.2) is 0 Å². The van der Waals surface area contributed by atoms with Gasteiger partial charge in [-0.3, -0.25) is 19.8 Å². The highest BCUT2D eigenvalue weighted by molar-refractivity contribution is 6.30. The molecular weight excluding hydrogens is 480 g/mol. The fourth-order valence-corrected chi connectivity index (χ4v) is 5.34. The van der Waals surface area contributed by atoms with Crippen molar-refractivity contribution in [2.24, 2.45) is 5.92 Å². The summed E-state index contributed by atoms with van der Waals surface area (Å²) in [7, 11) is 1.58. The predicted molar refractivity (Wildman–Crippen MR) is 140 cm³/mol. The van der Waals surface area contributed by atoms with Crippen molar-refractivity contribution < 1.29 is 14.5 Å². The SMILES string of the molecule is COc1cccc(NC(=O)[C@@H]2Cc3cc([N+](=O)[O-])ccc3N3CCN(Cc4ccc(Cl)cc4)C[C@H]23)c1. The van der Waals surface area contributed by atoms with Crippen LogP contribution >= 0.6 is 11.6 Å². The summed E-state index contributed by atoms with van der Waals surface area (Å²) in [6, 6.07) is 20.0. The molecule has 0 aromatic heterocycles. The molecule has 3 aromatic carbocycles. The number of carbonyl (C=O) groups is 1. The summed E-state index contributed by atoms with van der Waals surface area (Å²) in [5.74, 6) is 0.174. The summed E-state index contributed by atoms with van der Waals surface area (Å²) in [6.45, 7) is 3.01. The first-order chi connectivity index (χ1) is 17.4. The standard InChI is InChI=1S/C27H27ClN4O4/c1-36-23-4-2-3-21(15-23)29-27(33)24-14-19-13-22(32(34)35)9-10-25(19)31-12-11-30(17-26(24)31)16-18-5-7-20(28)8-6-18/h2-10,13,15,24,26H,11-12,14,16-17H2,1H3,(H,29,33)/t24-,26-/m1/s1. The summed E-state index contributed by atoms with van der Waals surface area (Å²) in [5.41, 5.74) is 3.67. The van der Waals surface area contributed by atoms with Crippen molar-refractivity contribution in [3.8, 4) is 5.75 Å². The third-order valence-corrected chi connectivity index (χ3v) is 7.24. The Morgan fingerprint density at radius 3 is 2.69 bits per heavy atom. The molecule has 2 aliphatic rings. The fourth-order valence-electron chi connectivity index (χ4n) is 5.21. The van der Waals surface area contributed by atoms with Gasteiger partial charge in [0.25, 0.3) is 5.69 Å². The number of piperazine rings is 1. The van der Waals surface area contributed by atoms with E-state index in [1.807, 2.05) is 48.5 Å². The Kier molecular flexibility index (Phi) is 6.80. The number of nitro benzene ring substituents is 1. The molecule has 2 atom stereocenters. The lowest BCUT2D eigenvalue weighted by molar-refractivity contribution is -0.384. The number of halogens is 1. The minimum Gasteiger partial charge on any atom is -0.497 e. The average Bonchev–Trinajstić information content (AvgIpc) is 2.89. The van der Waals surface area contributed by atoms with Crippen molar-refractivity contribution in [3.63, 3.8) is 0 Å². The molecule has 5 rings (SSSR count). The Hall–Kier alpha value is -3.62. The van der Waals surface area contributed by atoms with Crippen molar-refractivity contribution in [1.82, 2.24) is 4.90 Å². The Morgan fingerprint density at radius 2 is 1.94 bits per heavy atom. The van der Waals surface area contributed by atoms with E-state index < -0.39 is 0 Å². The topological polar surface area (TPSA) is 87.9 Å². The molecule has 0 aliphatic carbocycles. The van der Waals surface area contributed by atoms with Crippen LogP contribution < -0.4 is 15.0 Å². The molecule has 1 fully saturated rings. The van der Waals surface area contributed by atoms with Gasteiger partial charge < -0.3 is 15.0 Å². The molecule has 2 aliphatic heterocycles. The molecular formula is C27H27ClN4O4. The number of nitrogens with one attached hydrogen (secondary N) is 1. The normalized spacial score (nSPS) is 19.2. The minimum absolute atomic E-state index is 0.0422. The molecule has 0 spiro atoms. The number of benzene rings is 3. The molecule has 9 heteroatoms. The van der Waals surface area contributed by atoms with Crippen LogP contribution in [0.1, 0.15) is 11.1 Å². The van der Waals surface area contributed by atoms with Gasteiger partial charge in [-0.25, -0.2) is 0 Å². The lowest BCUT2D eigenvalue weighted by Gasteiger charge is -2.49. The van der Waals surface area contributed by atoms with Crippen LogP contribution in [0.25, 0.3) is 0 Å². The van der Waals surface area contributed by atoms with Crippen molar-refractivity contribution >= 4 is 34.6 Å². The molecule has 0 bridgehead atoms. The number of nitrogens with zero attached hydrogens (tertiary/aromatic N) is 3. The van der Waals surface area contributed by atoms with Crippen molar-refractivity contribution in [3.05, 3.63) is 93.0 Å². The highest BCUT2D eigenvalue weighted by Gasteiger charge is 2.42. The Bertz CT molecular complexity index is 1280. The second-order valence-electron chi connectivity index (χ2n) is 9.22. The highest BCUT2D eigenvalue weighted by Crippen LogP contribution is 2.38. The first-order valence-corrected chi connectivity index (χ1v) is 12.2. The monoisotopic (exact) mass is 506 g/mol. The summed E-state index contributed by atoms with van der Waals surface area (Å²) >= 11 is 6.05. The Balaban J connectivity index is 1.43. The van der Waals surface area contributed by atoms with Crippen LogP contribution in [0.2, 0.25) is 5.02 Å². The van der Waals surface area contributed by atoms with E-state index in [9.17, 15) is 14.9 Å². The number of nitro groups is 1. The zero-order valence-corrected chi connectivity index (χ0v) is 20.6. The number of methoxy groups -OCH3 is 1. The first kappa shape index (κ1) is 24.1. The molecule has 3 aromatic rings. The van der Waals surface area contributed by atoms with E-state index in [1.54, 1.807) is 25.3 Å². The van der Waals surface area contributed by atoms with Gasteiger partial charge in [-0.15, -0.1) is 0 Å². The van der Waals surface area contributed by atoms with Gasteiger partial charge in [0.2, 0.25) is 5.91 Å². The maximum atomic E-state index is 13.6. The number of ether oxygens (including phenoxy) is 1. The van der Waals surface area contributed by atoms with Crippen LogP contribution in [-0.2, 0) is 17.8 Å². The maximum Gasteiger partial charge on any atom is 0.269 e. The molecule has 0 saturated carbocycles. The molecule has 1 N–H and O–H groups in total. The molecule has 0 radical (unpaired) electrons. The van der Waals surface area contributed by atoms with E-state index in [0.29, 0.717) is 29.4 Å². The van der Waals surface area contributed by atoms with E-state index in [4.69, 9.17) is 16.3 Å². The van der Waals surface area contributed by atoms with Gasteiger partial charge in [0.05, 0.1) is 24.0 Å². The number of non-ortho nitro benzene ring substituents is 1. The van der Waals surface area contributed by atoms with Crippen LogP contribution in [0.5, 0.6) is 5.75 Å². The number of amides is 1. The quantitative estimate of drug-likeness (QED) is 0.383. The molecule has 1 amide bonds. The molecule has 8 nitrogen and oxygen atoms in total. The molecule has 36 heavy (non-hydrogen) atoms. The third-order valence-electron chi connectivity index (χ3n) is 6.98. The molecule has 0 unspecified atom stereocenters. The average molecular weight is 507 g/mol. The lowest BCUT2D eigenvalue weighted by Crippen LogP contribution is -2.60. The van der Waals surface area contributed by atoms with Gasteiger partial charge in [-0.05, 0) is 47.9 Å². The fraction of sp³-hybridized carbons (Fsp3) is 0.296. The number of carbonyl (C=O) groups excluding carboxylic acids is 1. The summed E-state index contributed by atoms with van der Waals surface area (Å²) in [4.78, 5) is 29.2. The van der Waals surface area contributed by atoms with Crippen molar-refractivity contribution in [1.29, 1.82) is 0 Å². The summed E-state index contributed by atoms with van der Waals surface area (Å²) in [6.07, 6.45) is 0.433. The van der Waals surface area contributed by atoms with E-state index in [1.165, 1.54) is 0 Å². The zero-order chi connectivity index (χ0) is 25.2. The molecule has 186 valence electrons. The Labute approximate surface area is 214 Å². The molecule has 1 saturated heterocycles. The zero-order valence-electron chi connectivity index (χ0n) is 19.9. The lowest BCUT2D eigenvalue weighted by atomic mass is 9.83. The van der Waals surface area contributed by atoms with Crippen LogP contribution in [0.3, 0.4) is 0 Å². The van der Waals surface area contributed by atoms with Gasteiger partial charge in [0.1, 0.15) is 5.75 Å². The Morgan fingerprint density at radius 1 is 1.14 bits per heavy atom. The van der Waals surface area contributed by atoms with E-state index in [-0.39, 0.29) is 28.5 Å². The van der Waals surface area contributed by atoms with Crippen LogP contribution in [0.15, 0.2) is 66.7 Å². The highest BCUT2D eigenvalue weighted by atomic mass is 35.5. The molecule has 2 heterocycles. The van der Waals surface area contributed by atoms with E-state index >= 15 is 0 Å². The summed E-state index contributed by atoms with van der Waals surface area (Å²) in [5, 5.41) is 15.2. The van der Waals surface area contributed by atoms with E-state index in [2.05, 4.69) is 15.1 Å². The van der Waals surface area contributed by atoms with Crippen LogP contribution in [0, 0.1) is 16.0 Å². The number of rotatable bonds is 6. The number of hydrogen-bond donors (Lipinski definition) is 1. The van der Waals surface area contributed by atoms with Crippen LogP contribution in [0.4, 0.5) is 17.1 Å². The van der Waals surface area contributed by atoms with Gasteiger partial charge in [-0.2, -0.15) is 0 Å². The number of hydrogen-bond acceptors (Lipinski definition) is 6. The second-order valence-corrected chi connectivity index (χ2v) is 9.66. The van der Waals surface area contributed by atoms with Crippen molar-refractivity contribution in [2.45, 2.75) is 19.0 Å². The van der Waals surface area contributed by atoms with Crippen molar-refractivity contribution in [2.75, 3.05) is 37.0 Å². The van der Waals surface area contributed by atoms with Gasteiger partial charge in [-0.1, -0.05) is 29.8 Å². The van der Waals surface area contributed by atoms with E-state index in [0.717, 1.165) is 36.4 Å². The predicted octanol–water partition coefficient (Wildman–Crippen LogP) is 4.76. The number of anilines is 2. The first-order valence-electron chi connectivity index (χ1n) is 11.9. The van der Waals surface area contributed by atoms with Gasteiger partial charge >= 0.3 is 0 Å².